The highest BCUT2D eigenvalue weighted by Gasteiger charge is 2.55. The Kier molecular flexibility index (Phi) is 11.4. The van der Waals surface area contributed by atoms with Crippen molar-refractivity contribution in [3.63, 3.8) is 0 Å². The average Bonchev–Trinajstić information content (AvgIpc) is 2.86. The molecule has 1 unspecified atom stereocenters. The molecule has 0 amide bonds. The standard InChI is InChI=1S/C35H48O8/c1-22(9-13-29-23(2)10-15-32-34(6,7)20-28(41-24(3)36)21-35(29,32)8)17-18-40-33(39)16-12-27-11-14-30(42-25(4)37)31(19-27)43-26(5)38/h10-12,14,16,19,22,28-29,32H,9,13,15,17-18,20-21H2,1-8H3/b16-12+/t22-,28?,29-,32-,35+/m0/s1. The topological polar surface area (TPSA) is 105 Å². The first-order valence-electron chi connectivity index (χ1n) is 15.3. The van der Waals surface area contributed by atoms with Crippen LogP contribution in [-0.4, -0.2) is 36.6 Å². The Bertz CT molecular complexity index is 1260. The van der Waals surface area contributed by atoms with Crippen LogP contribution in [-0.2, 0) is 28.7 Å². The lowest BCUT2D eigenvalue weighted by molar-refractivity contribution is -0.161. The van der Waals surface area contributed by atoms with E-state index in [4.69, 9.17) is 18.9 Å². The van der Waals surface area contributed by atoms with Gasteiger partial charge in [-0.3, -0.25) is 14.4 Å². The fourth-order valence-electron chi connectivity index (χ4n) is 7.41. The van der Waals surface area contributed by atoms with E-state index >= 15 is 0 Å². The van der Waals surface area contributed by atoms with Gasteiger partial charge in [-0.1, -0.05) is 45.4 Å². The zero-order valence-electron chi connectivity index (χ0n) is 27.0. The quantitative estimate of drug-likeness (QED) is 0.114. The molecule has 0 N–H and O–H groups in total. The summed E-state index contributed by atoms with van der Waals surface area (Å²) in [5.74, 6) is -0.228. The summed E-state index contributed by atoms with van der Waals surface area (Å²) in [6.07, 6.45) is 10.9. The van der Waals surface area contributed by atoms with Crippen molar-refractivity contribution in [1.29, 1.82) is 0 Å². The molecule has 1 aromatic carbocycles. The van der Waals surface area contributed by atoms with Crippen LogP contribution in [0.1, 0.15) is 99.5 Å². The molecule has 1 fully saturated rings. The van der Waals surface area contributed by atoms with E-state index < -0.39 is 17.9 Å². The van der Waals surface area contributed by atoms with Crippen LogP contribution in [0.3, 0.4) is 0 Å². The number of benzene rings is 1. The molecule has 0 saturated heterocycles. The van der Waals surface area contributed by atoms with Crippen LogP contribution < -0.4 is 9.47 Å². The molecular formula is C35H48O8. The minimum Gasteiger partial charge on any atom is -0.463 e. The predicted molar refractivity (Wildman–Crippen MR) is 164 cm³/mol. The van der Waals surface area contributed by atoms with Crippen molar-refractivity contribution in [1.82, 2.24) is 0 Å². The van der Waals surface area contributed by atoms with Crippen molar-refractivity contribution in [2.75, 3.05) is 6.61 Å². The Balaban J connectivity index is 1.54. The maximum atomic E-state index is 12.4. The van der Waals surface area contributed by atoms with E-state index in [0.29, 0.717) is 29.9 Å². The molecule has 2 aliphatic rings. The Hall–Kier alpha value is -3.42. The number of carbonyl (C=O) groups is 4. The molecule has 1 aromatic rings. The minimum absolute atomic E-state index is 0.0490. The van der Waals surface area contributed by atoms with Gasteiger partial charge in [0.15, 0.2) is 11.5 Å². The van der Waals surface area contributed by atoms with Gasteiger partial charge in [-0.15, -0.1) is 0 Å². The van der Waals surface area contributed by atoms with Crippen LogP contribution in [0, 0.1) is 28.6 Å². The monoisotopic (exact) mass is 596 g/mol. The van der Waals surface area contributed by atoms with E-state index in [1.807, 2.05) is 0 Å². The number of rotatable bonds is 11. The lowest BCUT2D eigenvalue weighted by atomic mass is 9.47. The lowest BCUT2D eigenvalue weighted by Crippen LogP contribution is -2.53. The molecule has 0 aliphatic heterocycles. The van der Waals surface area contributed by atoms with Gasteiger partial charge in [0.25, 0.3) is 0 Å². The van der Waals surface area contributed by atoms with Crippen molar-refractivity contribution in [2.45, 2.75) is 100 Å². The summed E-state index contributed by atoms with van der Waals surface area (Å²) in [7, 11) is 0. The van der Waals surface area contributed by atoms with Gasteiger partial charge in [-0.05, 0) is 97.8 Å². The van der Waals surface area contributed by atoms with Crippen LogP contribution in [0.5, 0.6) is 11.5 Å². The zero-order valence-corrected chi connectivity index (χ0v) is 27.0. The Morgan fingerprint density at radius 2 is 1.63 bits per heavy atom. The van der Waals surface area contributed by atoms with Crippen LogP contribution >= 0.6 is 0 Å². The molecule has 0 spiro atoms. The molecule has 236 valence electrons. The third-order valence-corrected chi connectivity index (χ3v) is 9.20. The first kappa shape index (κ1) is 34.1. The first-order valence-corrected chi connectivity index (χ1v) is 15.3. The Morgan fingerprint density at radius 1 is 0.953 bits per heavy atom. The van der Waals surface area contributed by atoms with Crippen LogP contribution in [0.15, 0.2) is 35.9 Å². The maximum absolute atomic E-state index is 12.4. The summed E-state index contributed by atoms with van der Waals surface area (Å²) in [6.45, 7) is 15.8. The highest BCUT2D eigenvalue weighted by molar-refractivity contribution is 5.87. The number of allylic oxidation sites excluding steroid dienone is 2. The van der Waals surface area contributed by atoms with Gasteiger partial charge in [0, 0.05) is 26.8 Å². The van der Waals surface area contributed by atoms with Crippen molar-refractivity contribution >= 4 is 30.0 Å². The molecule has 8 nitrogen and oxygen atoms in total. The van der Waals surface area contributed by atoms with Gasteiger partial charge in [0.05, 0.1) is 6.61 Å². The molecule has 5 atom stereocenters. The van der Waals surface area contributed by atoms with Crippen LogP contribution in [0.4, 0.5) is 0 Å². The predicted octanol–water partition coefficient (Wildman–Crippen LogP) is 7.24. The van der Waals surface area contributed by atoms with Gasteiger partial charge in [0.1, 0.15) is 6.10 Å². The van der Waals surface area contributed by atoms with Crippen LogP contribution in [0.25, 0.3) is 6.08 Å². The van der Waals surface area contributed by atoms with E-state index in [1.165, 1.54) is 44.6 Å². The zero-order chi connectivity index (χ0) is 31.9. The number of hydrogen-bond acceptors (Lipinski definition) is 8. The number of esters is 4. The van der Waals surface area contributed by atoms with E-state index in [2.05, 4.69) is 40.7 Å². The molecule has 0 aromatic heterocycles. The second kappa shape index (κ2) is 14.4. The second-order valence-electron chi connectivity index (χ2n) is 13.3. The highest BCUT2D eigenvalue weighted by atomic mass is 16.6. The Morgan fingerprint density at radius 3 is 2.28 bits per heavy atom. The maximum Gasteiger partial charge on any atom is 0.330 e. The SMILES string of the molecule is CC(=O)Oc1ccc(/C=C/C(=O)OCC[C@@H](C)CC[C@H]2C(C)=CC[C@H]3C(C)(C)CC(OC(C)=O)C[C@]23C)cc1OC(C)=O. The molecule has 1 saturated carbocycles. The fraction of sp³-hybridized carbons (Fsp3) is 0.600. The lowest BCUT2D eigenvalue weighted by Gasteiger charge is -2.58. The number of fused-ring (bicyclic) bond motifs is 1. The summed E-state index contributed by atoms with van der Waals surface area (Å²) in [6, 6.07) is 4.66. The number of hydrogen-bond donors (Lipinski definition) is 0. The summed E-state index contributed by atoms with van der Waals surface area (Å²) < 4.78 is 21.4. The van der Waals surface area contributed by atoms with Gasteiger partial charge in [-0.25, -0.2) is 4.79 Å². The first-order chi connectivity index (χ1) is 20.1. The van der Waals surface area contributed by atoms with Gasteiger partial charge >= 0.3 is 23.9 Å². The summed E-state index contributed by atoms with van der Waals surface area (Å²) in [4.78, 5) is 46.9. The highest BCUT2D eigenvalue weighted by Crippen LogP contribution is 2.61. The molecule has 43 heavy (non-hydrogen) atoms. The molecular weight excluding hydrogens is 548 g/mol. The van der Waals surface area contributed by atoms with Crippen molar-refractivity contribution in [3.8, 4) is 11.5 Å². The molecule has 2 aliphatic carbocycles. The Labute approximate surface area is 256 Å². The van der Waals surface area contributed by atoms with E-state index in [-0.39, 0.29) is 34.4 Å². The molecule has 3 rings (SSSR count). The molecule has 0 bridgehead atoms. The van der Waals surface area contributed by atoms with Gasteiger partial charge in [-0.2, -0.15) is 0 Å². The minimum atomic E-state index is -0.555. The van der Waals surface area contributed by atoms with E-state index in [0.717, 1.165) is 38.5 Å². The largest absolute Gasteiger partial charge is 0.463 e. The smallest absolute Gasteiger partial charge is 0.330 e. The average molecular weight is 597 g/mol. The van der Waals surface area contributed by atoms with Crippen molar-refractivity contribution < 1.29 is 38.1 Å². The molecule has 0 radical (unpaired) electrons. The van der Waals surface area contributed by atoms with Crippen molar-refractivity contribution in [2.24, 2.45) is 28.6 Å². The normalized spacial score (nSPS) is 25.2. The van der Waals surface area contributed by atoms with Gasteiger partial charge in [0.2, 0.25) is 0 Å². The van der Waals surface area contributed by atoms with Crippen molar-refractivity contribution in [3.05, 3.63) is 41.5 Å². The van der Waals surface area contributed by atoms with E-state index in [1.54, 1.807) is 12.1 Å². The summed E-state index contributed by atoms with van der Waals surface area (Å²) in [5, 5.41) is 0. The molecule has 8 heteroatoms. The van der Waals surface area contributed by atoms with Gasteiger partial charge < -0.3 is 18.9 Å². The number of ether oxygens (including phenoxy) is 4. The third kappa shape index (κ3) is 9.28. The van der Waals surface area contributed by atoms with E-state index in [9.17, 15) is 19.2 Å². The fourth-order valence-corrected chi connectivity index (χ4v) is 7.41. The summed E-state index contributed by atoms with van der Waals surface area (Å²) >= 11 is 0. The third-order valence-electron chi connectivity index (χ3n) is 9.20. The molecule has 0 heterocycles. The van der Waals surface area contributed by atoms with Crippen LogP contribution in [0.2, 0.25) is 0 Å². The number of carbonyl (C=O) groups excluding carboxylic acids is 4. The second-order valence-corrected chi connectivity index (χ2v) is 13.3. The summed E-state index contributed by atoms with van der Waals surface area (Å²) in [5.41, 5.74) is 2.16.